The van der Waals surface area contributed by atoms with E-state index in [1.54, 1.807) is 0 Å². The van der Waals surface area contributed by atoms with Gasteiger partial charge in [-0.15, -0.1) is 0 Å². The van der Waals surface area contributed by atoms with Crippen LogP contribution in [0.5, 0.6) is 0 Å². The number of ether oxygens (including phenoxy) is 4. The van der Waals surface area contributed by atoms with Gasteiger partial charge in [0.1, 0.15) is 19.3 Å². The minimum absolute atomic E-state index is 0.0844. The van der Waals surface area contributed by atoms with Gasteiger partial charge in [-0.25, -0.2) is 9.13 Å². The molecule has 0 heterocycles. The Kier molecular flexibility index (Phi) is 71.3. The van der Waals surface area contributed by atoms with Crippen molar-refractivity contribution in [2.24, 2.45) is 11.8 Å². The van der Waals surface area contributed by atoms with Gasteiger partial charge in [0.15, 0.2) is 12.2 Å². The Morgan fingerprint density at radius 2 is 0.535 bits per heavy atom. The van der Waals surface area contributed by atoms with E-state index in [1.807, 2.05) is 0 Å². The van der Waals surface area contributed by atoms with Crippen molar-refractivity contribution in [1.29, 1.82) is 0 Å². The van der Waals surface area contributed by atoms with Crippen LogP contribution in [0.25, 0.3) is 0 Å². The predicted molar refractivity (Wildman–Crippen MR) is 414 cm³/mol. The largest absolute Gasteiger partial charge is 0.472 e. The topological polar surface area (TPSA) is 237 Å². The van der Waals surface area contributed by atoms with Crippen molar-refractivity contribution in [3.8, 4) is 0 Å². The summed E-state index contributed by atoms with van der Waals surface area (Å²) in [5.74, 6) is -0.648. The third-order valence-electron chi connectivity index (χ3n) is 18.6. The van der Waals surface area contributed by atoms with E-state index >= 15 is 0 Å². The SMILES string of the molecule is CCCCCC/C=C\C=C/CCCCCCCC(=O)O[C@H](COC(=O)CCCCCCCCCC(C)C)COP(=O)(O)OC[C@H](O)COP(=O)(O)OC[C@@H](COC(=O)CCCCCCCCCCCCCCCC(C)C)OC(=O)CCCCCCCCCCCCCCCCCCCCCC. The van der Waals surface area contributed by atoms with Crippen LogP contribution in [0.4, 0.5) is 0 Å². The van der Waals surface area contributed by atoms with E-state index in [9.17, 15) is 43.2 Å². The fraction of sp³-hybridized carbons (Fsp3) is 0.902. The highest BCUT2D eigenvalue weighted by atomic mass is 31.2. The maximum atomic E-state index is 13.1. The van der Waals surface area contributed by atoms with Gasteiger partial charge >= 0.3 is 39.5 Å². The van der Waals surface area contributed by atoms with Gasteiger partial charge in [-0.1, -0.05) is 355 Å². The van der Waals surface area contributed by atoms with E-state index in [2.05, 4.69) is 65.8 Å². The molecule has 0 aliphatic heterocycles. The van der Waals surface area contributed by atoms with Crippen LogP contribution in [-0.4, -0.2) is 96.7 Å². The van der Waals surface area contributed by atoms with Crippen LogP contribution >= 0.6 is 15.6 Å². The second kappa shape index (κ2) is 73.1. The maximum Gasteiger partial charge on any atom is 0.472 e. The van der Waals surface area contributed by atoms with Gasteiger partial charge in [0.25, 0.3) is 0 Å². The lowest BCUT2D eigenvalue weighted by Gasteiger charge is -2.21. The molecule has 596 valence electrons. The summed E-state index contributed by atoms with van der Waals surface area (Å²) >= 11 is 0. The number of allylic oxidation sites excluding steroid dienone is 4. The van der Waals surface area contributed by atoms with Gasteiger partial charge in [0.2, 0.25) is 0 Å². The zero-order chi connectivity index (χ0) is 74.2. The lowest BCUT2D eigenvalue weighted by Crippen LogP contribution is -2.30. The van der Waals surface area contributed by atoms with Crippen LogP contribution in [0.2, 0.25) is 0 Å². The number of rotatable bonds is 79. The van der Waals surface area contributed by atoms with E-state index in [1.165, 1.54) is 205 Å². The molecule has 101 heavy (non-hydrogen) atoms. The van der Waals surface area contributed by atoms with E-state index in [-0.39, 0.29) is 25.7 Å². The molecule has 0 fully saturated rings. The average molecular weight is 1480 g/mol. The van der Waals surface area contributed by atoms with Crippen molar-refractivity contribution in [3.05, 3.63) is 24.3 Å². The monoisotopic (exact) mass is 1480 g/mol. The number of hydrogen-bond acceptors (Lipinski definition) is 15. The molecule has 0 bridgehead atoms. The summed E-state index contributed by atoms with van der Waals surface area (Å²) in [5, 5.41) is 10.6. The summed E-state index contributed by atoms with van der Waals surface area (Å²) in [6.07, 6.45) is 66.2. The van der Waals surface area contributed by atoms with Crippen molar-refractivity contribution < 1.29 is 80.2 Å². The number of unbranched alkanes of at least 4 members (excludes halogenated alkanes) is 46. The van der Waals surface area contributed by atoms with Crippen LogP contribution < -0.4 is 0 Å². The predicted octanol–water partition coefficient (Wildman–Crippen LogP) is 24.2. The summed E-state index contributed by atoms with van der Waals surface area (Å²) < 4.78 is 68.7. The molecule has 0 aliphatic rings. The summed E-state index contributed by atoms with van der Waals surface area (Å²) in [5.41, 5.74) is 0. The van der Waals surface area contributed by atoms with Crippen molar-refractivity contribution in [2.45, 2.75) is 426 Å². The molecule has 17 nitrogen and oxygen atoms in total. The normalized spacial score (nSPS) is 14.0. The number of esters is 4. The lowest BCUT2D eigenvalue weighted by molar-refractivity contribution is -0.161. The second-order valence-electron chi connectivity index (χ2n) is 29.8. The molecular weight excluding hydrogens is 1320 g/mol. The Hall–Kier alpha value is -2.46. The quantitative estimate of drug-likeness (QED) is 0.0169. The first-order valence-corrected chi connectivity index (χ1v) is 44.8. The van der Waals surface area contributed by atoms with Crippen LogP contribution in [0.15, 0.2) is 24.3 Å². The summed E-state index contributed by atoms with van der Waals surface area (Å²) in [6, 6.07) is 0. The van der Waals surface area contributed by atoms with E-state index in [4.69, 9.17) is 37.0 Å². The summed E-state index contributed by atoms with van der Waals surface area (Å²) in [4.78, 5) is 73.0. The first-order chi connectivity index (χ1) is 48.9. The smallest absolute Gasteiger partial charge is 0.462 e. The molecule has 0 aliphatic carbocycles. The lowest BCUT2D eigenvalue weighted by atomic mass is 10.0. The van der Waals surface area contributed by atoms with Gasteiger partial charge < -0.3 is 33.8 Å². The third kappa shape index (κ3) is 75.6. The zero-order valence-corrected chi connectivity index (χ0v) is 67.5. The summed E-state index contributed by atoms with van der Waals surface area (Å²) in [6.45, 7) is 9.53. The number of aliphatic hydroxyl groups is 1. The summed E-state index contributed by atoms with van der Waals surface area (Å²) in [7, 11) is -9.93. The Balaban J connectivity index is 5.26. The fourth-order valence-electron chi connectivity index (χ4n) is 12.2. The molecule has 19 heteroatoms. The number of phosphoric ester groups is 2. The van der Waals surface area contributed by atoms with Crippen LogP contribution in [-0.2, 0) is 65.4 Å². The third-order valence-corrected chi connectivity index (χ3v) is 20.5. The average Bonchev–Trinajstić information content (AvgIpc) is 0.938. The molecule has 3 N–H and O–H groups in total. The molecule has 0 aromatic carbocycles. The molecule has 0 aromatic heterocycles. The number of hydrogen-bond donors (Lipinski definition) is 3. The van der Waals surface area contributed by atoms with E-state index in [0.717, 1.165) is 115 Å². The highest BCUT2D eigenvalue weighted by Crippen LogP contribution is 2.45. The Morgan fingerprint density at radius 1 is 0.307 bits per heavy atom. The van der Waals surface area contributed by atoms with Crippen molar-refractivity contribution >= 4 is 39.5 Å². The maximum absolute atomic E-state index is 13.1. The minimum Gasteiger partial charge on any atom is -0.462 e. The number of aliphatic hydroxyl groups excluding tert-OH is 1. The highest BCUT2D eigenvalue weighted by Gasteiger charge is 2.30. The molecule has 2 unspecified atom stereocenters. The molecule has 0 radical (unpaired) electrons. The van der Waals surface area contributed by atoms with Crippen LogP contribution in [0.1, 0.15) is 408 Å². The van der Waals surface area contributed by atoms with Crippen molar-refractivity contribution in [3.63, 3.8) is 0 Å². The molecule has 0 saturated heterocycles. The van der Waals surface area contributed by atoms with Crippen LogP contribution in [0, 0.1) is 11.8 Å². The highest BCUT2D eigenvalue weighted by molar-refractivity contribution is 7.47. The van der Waals surface area contributed by atoms with Gasteiger partial charge in [-0.2, -0.15) is 0 Å². The molecule has 0 saturated carbocycles. The van der Waals surface area contributed by atoms with E-state index in [0.29, 0.717) is 31.6 Å². The first-order valence-electron chi connectivity index (χ1n) is 41.8. The van der Waals surface area contributed by atoms with Crippen molar-refractivity contribution in [2.75, 3.05) is 39.6 Å². The van der Waals surface area contributed by atoms with Gasteiger partial charge in [0, 0.05) is 25.7 Å². The molecule has 0 aromatic rings. The van der Waals surface area contributed by atoms with Crippen molar-refractivity contribution in [1.82, 2.24) is 0 Å². The number of carbonyl (C=O) groups is 4. The Labute approximate surface area is 618 Å². The molecule has 5 atom stereocenters. The molecule has 0 spiro atoms. The van der Waals surface area contributed by atoms with Gasteiger partial charge in [-0.05, 0) is 63.2 Å². The number of phosphoric acid groups is 2. The fourth-order valence-corrected chi connectivity index (χ4v) is 13.8. The minimum atomic E-state index is -4.97. The van der Waals surface area contributed by atoms with Crippen LogP contribution in [0.3, 0.4) is 0 Å². The molecule has 0 rings (SSSR count). The Morgan fingerprint density at radius 3 is 0.812 bits per heavy atom. The number of carbonyl (C=O) groups excluding carboxylic acids is 4. The van der Waals surface area contributed by atoms with E-state index < -0.39 is 97.5 Å². The second-order valence-corrected chi connectivity index (χ2v) is 32.7. The van der Waals surface area contributed by atoms with Gasteiger partial charge in [0.05, 0.1) is 26.4 Å². The molecule has 0 amide bonds. The zero-order valence-electron chi connectivity index (χ0n) is 65.7. The standard InChI is InChI=1S/C82H156O17P2/c1-7-9-11-13-15-17-19-21-23-24-25-26-27-29-33-38-42-48-55-61-67-81(86)98-77(70-92-79(84)64-58-52-46-40-36-34-30-31-35-39-44-50-56-62-74(3)4)72-96-100(88,89)94-68-76(83)69-95-101(90,91)97-73-78(71-93-80(85)65-59-53-49-43-45-51-57-63-75(5)6)99-82(87)66-60-54-47-41-37-32-28-22-20-18-16-14-12-10-8-2/h18,20,22,28,74-78,83H,7-17,19,21,23-27,29-73H2,1-6H3,(H,88,89)(H,90,91)/b20-18-,28-22-/t76-,77-,78-/m1/s1. The van der Waals surface area contributed by atoms with Gasteiger partial charge in [-0.3, -0.25) is 37.3 Å². The molecular formula is C82H156O17P2. The Bertz CT molecular complexity index is 2040. The first kappa shape index (κ1) is 98.5.